The zero-order valence-corrected chi connectivity index (χ0v) is 15.1. The number of carbonyl (C=O) groups is 1. The zero-order valence-electron chi connectivity index (χ0n) is 13.6. The minimum absolute atomic E-state index is 0.00260. The van der Waals surface area contributed by atoms with E-state index in [4.69, 9.17) is 27.9 Å². The summed E-state index contributed by atoms with van der Waals surface area (Å²) in [6.07, 6.45) is 0. The van der Waals surface area contributed by atoms with Gasteiger partial charge in [-0.1, -0.05) is 29.3 Å². The van der Waals surface area contributed by atoms with Gasteiger partial charge in [-0.05, 0) is 43.7 Å². The molecule has 1 atom stereocenters. The Bertz CT molecular complexity index is 811. The number of nitro benzene ring substituents is 1. The molecule has 132 valence electrons. The average molecular weight is 383 g/mol. The van der Waals surface area contributed by atoms with E-state index in [0.29, 0.717) is 21.4 Å². The monoisotopic (exact) mass is 382 g/mol. The van der Waals surface area contributed by atoms with Gasteiger partial charge in [0, 0.05) is 21.7 Å². The Hall–Kier alpha value is -2.31. The van der Waals surface area contributed by atoms with Gasteiger partial charge in [-0.25, -0.2) is 0 Å². The standard InChI is InChI=1S/C17H16Cl2N2O4/c1-10-7-13(4-6-16(10)21(23)24)25-9-17(22)20-11(2)14-5-3-12(18)8-15(14)19/h3-8,11H,9H2,1-2H3,(H,20,22). The quantitative estimate of drug-likeness (QED) is 0.590. The fraction of sp³-hybridized carbons (Fsp3) is 0.235. The minimum atomic E-state index is -0.469. The van der Waals surface area contributed by atoms with E-state index >= 15 is 0 Å². The summed E-state index contributed by atoms with van der Waals surface area (Å²) in [5.41, 5.74) is 1.21. The number of hydrogen-bond acceptors (Lipinski definition) is 4. The number of aryl methyl sites for hydroxylation is 1. The fourth-order valence-electron chi connectivity index (χ4n) is 2.29. The van der Waals surface area contributed by atoms with Gasteiger partial charge in [0.05, 0.1) is 11.0 Å². The zero-order chi connectivity index (χ0) is 18.6. The third kappa shape index (κ3) is 5.08. The molecule has 25 heavy (non-hydrogen) atoms. The van der Waals surface area contributed by atoms with Crippen LogP contribution in [0.25, 0.3) is 0 Å². The summed E-state index contributed by atoms with van der Waals surface area (Å²) in [5, 5.41) is 14.5. The van der Waals surface area contributed by atoms with Gasteiger partial charge in [0.2, 0.25) is 0 Å². The molecule has 8 heteroatoms. The van der Waals surface area contributed by atoms with Crippen LogP contribution in [0.1, 0.15) is 24.1 Å². The lowest BCUT2D eigenvalue weighted by atomic mass is 10.1. The van der Waals surface area contributed by atoms with Gasteiger partial charge >= 0.3 is 0 Å². The number of nitrogens with zero attached hydrogens (tertiary/aromatic N) is 1. The first-order chi connectivity index (χ1) is 11.8. The third-order valence-electron chi connectivity index (χ3n) is 3.54. The van der Waals surface area contributed by atoms with Gasteiger partial charge in [0.15, 0.2) is 6.61 Å². The van der Waals surface area contributed by atoms with Crippen molar-refractivity contribution in [3.05, 3.63) is 67.7 Å². The number of benzene rings is 2. The van der Waals surface area contributed by atoms with Crippen LogP contribution in [0.4, 0.5) is 5.69 Å². The molecule has 1 amide bonds. The Morgan fingerprint density at radius 1 is 1.28 bits per heavy atom. The summed E-state index contributed by atoms with van der Waals surface area (Å²) < 4.78 is 5.38. The first-order valence-corrected chi connectivity index (χ1v) is 8.15. The molecule has 1 N–H and O–H groups in total. The van der Waals surface area contributed by atoms with Crippen LogP contribution in [-0.2, 0) is 4.79 Å². The molecule has 0 saturated carbocycles. The van der Waals surface area contributed by atoms with Crippen molar-refractivity contribution >= 4 is 34.8 Å². The van der Waals surface area contributed by atoms with Crippen molar-refractivity contribution in [2.45, 2.75) is 19.9 Å². The molecule has 0 aromatic heterocycles. The van der Waals surface area contributed by atoms with Crippen molar-refractivity contribution in [3.8, 4) is 5.75 Å². The second-order valence-electron chi connectivity index (χ2n) is 5.45. The minimum Gasteiger partial charge on any atom is -0.484 e. The van der Waals surface area contributed by atoms with E-state index in [1.54, 1.807) is 32.0 Å². The molecule has 6 nitrogen and oxygen atoms in total. The van der Waals surface area contributed by atoms with Gasteiger partial charge in [-0.3, -0.25) is 14.9 Å². The molecule has 0 aliphatic heterocycles. The Morgan fingerprint density at radius 2 is 2.00 bits per heavy atom. The number of nitro groups is 1. The molecule has 1 unspecified atom stereocenters. The molecule has 0 bridgehead atoms. The molecule has 2 aromatic carbocycles. The lowest BCUT2D eigenvalue weighted by molar-refractivity contribution is -0.385. The Labute approximate surface area is 154 Å². The van der Waals surface area contributed by atoms with Gasteiger partial charge in [0.1, 0.15) is 5.75 Å². The van der Waals surface area contributed by atoms with Gasteiger partial charge in [0.25, 0.3) is 11.6 Å². The SMILES string of the molecule is Cc1cc(OCC(=O)NC(C)c2ccc(Cl)cc2Cl)ccc1[N+](=O)[O-]. The molecule has 0 fully saturated rings. The summed E-state index contributed by atoms with van der Waals surface area (Å²) in [6, 6.07) is 9.05. The maximum atomic E-state index is 12.0. The molecule has 0 heterocycles. The first kappa shape index (κ1) is 19.0. The van der Waals surface area contributed by atoms with Crippen molar-refractivity contribution in [2.75, 3.05) is 6.61 Å². The van der Waals surface area contributed by atoms with E-state index in [1.807, 2.05) is 0 Å². The van der Waals surface area contributed by atoms with Crippen LogP contribution in [0.15, 0.2) is 36.4 Å². The number of rotatable bonds is 6. The van der Waals surface area contributed by atoms with Crippen molar-refractivity contribution in [3.63, 3.8) is 0 Å². The lowest BCUT2D eigenvalue weighted by Gasteiger charge is -2.16. The Kier molecular flexibility index (Phi) is 6.22. The second kappa shape index (κ2) is 8.18. The van der Waals surface area contributed by atoms with Crippen LogP contribution in [0, 0.1) is 17.0 Å². The lowest BCUT2D eigenvalue weighted by Crippen LogP contribution is -2.31. The molecular formula is C17H16Cl2N2O4. The molecule has 0 saturated heterocycles. The van der Waals surface area contributed by atoms with Crippen molar-refractivity contribution in [2.24, 2.45) is 0 Å². The maximum absolute atomic E-state index is 12.0. The average Bonchev–Trinajstić information content (AvgIpc) is 2.52. The number of carbonyl (C=O) groups excluding carboxylic acids is 1. The van der Waals surface area contributed by atoms with Gasteiger partial charge < -0.3 is 10.1 Å². The summed E-state index contributed by atoms with van der Waals surface area (Å²) in [6.45, 7) is 3.19. The summed E-state index contributed by atoms with van der Waals surface area (Å²) >= 11 is 12.0. The number of hydrogen-bond donors (Lipinski definition) is 1. The third-order valence-corrected chi connectivity index (χ3v) is 4.10. The molecule has 2 rings (SSSR count). The maximum Gasteiger partial charge on any atom is 0.272 e. The van der Waals surface area contributed by atoms with E-state index < -0.39 is 4.92 Å². The molecule has 2 aromatic rings. The smallest absolute Gasteiger partial charge is 0.272 e. The molecule has 0 spiro atoms. The van der Waals surface area contributed by atoms with E-state index in [1.165, 1.54) is 18.2 Å². The van der Waals surface area contributed by atoms with Gasteiger partial charge in [-0.15, -0.1) is 0 Å². The highest BCUT2D eigenvalue weighted by Crippen LogP contribution is 2.26. The van der Waals surface area contributed by atoms with Crippen LogP contribution in [0.2, 0.25) is 10.0 Å². The van der Waals surface area contributed by atoms with E-state index in [2.05, 4.69) is 5.32 Å². The summed E-state index contributed by atoms with van der Waals surface area (Å²) in [7, 11) is 0. The predicted molar refractivity (Wildman–Crippen MR) is 96.3 cm³/mol. The Morgan fingerprint density at radius 3 is 2.60 bits per heavy atom. The number of amides is 1. The van der Waals surface area contributed by atoms with Crippen LogP contribution < -0.4 is 10.1 Å². The highest BCUT2D eigenvalue weighted by Gasteiger charge is 2.15. The first-order valence-electron chi connectivity index (χ1n) is 7.40. The molecular weight excluding hydrogens is 367 g/mol. The highest BCUT2D eigenvalue weighted by atomic mass is 35.5. The molecule has 0 radical (unpaired) electrons. The van der Waals surface area contributed by atoms with Crippen molar-refractivity contribution in [1.29, 1.82) is 0 Å². The molecule has 0 aliphatic rings. The van der Waals surface area contributed by atoms with Crippen LogP contribution in [-0.4, -0.2) is 17.4 Å². The van der Waals surface area contributed by atoms with Crippen LogP contribution in [0.3, 0.4) is 0 Å². The van der Waals surface area contributed by atoms with Crippen molar-refractivity contribution in [1.82, 2.24) is 5.32 Å². The number of ether oxygens (including phenoxy) is 1. The normalized spacial score (nSPS) is 11.7. The van der Waals surface area contributed by atoms with Crippen molar-refractivity contribution < 1.29 is 14.5 Å². The number of halogens is 2. The van der Waals surface area contributed by atoms with E-state index in [-0.39, 0.29) is 24.2 Å². The van der Waals surface area contributed by atoms with E-state index in [0.717, 1.165) is 5.56 Å². The topological polar surface area (TPSA) is 81.5 Å². The largest absolute Gasteiger partial charge is 0.484 e. The summed E-state index contributed by atoms with van der Waals surface area (Å²) in [5.74, 6) is 0.0463. The Balaban J connectivity index is 1.94. The second-order valence-corrected chi connectivity index (χ2v) is 6.29. The molecule has 0 aliphatic carbocycles. The highest BCUT2D eigenvalue weighted by molar-refractivity contribution is 6.35. The predicted octanol–water partition coefficient (Wildman–Crippen LogP) is 4.47. The van der Waals surface area contributed by atoms with Crippen LogP contribution >= 0.6 is 23.2 Å². The summed E-state index contributed by atoms with van der Waals surface area (Å²) in [4.78, 5) is 22.3. The fourth-order valence-corrected chi connectivity index (χ4v) is 2.86. The van der Waals surface area contributed by atoms with E-state index in [9.17, 15) is 14.9 Å². The number of nitrogens with one attached hydrogen (secondary N) is 1. The van der Waals surface area contributed by atoms with Gasteiger partial charge in [-0.2, -0.15) is 0 Å². The van der Waals surface area contributed by atoms with Crippen LogP contribution in [0.5, 0.6) is 5.75 Å².